The first-order valence-electron chi connectivity index (χ1n) is 6.41. The van der Waals surface area contributed by atoms with Crippen LogP contribution in [0.4, 0.5) is 5.69 Å². The number of piperidine rings is 1. The van der Waals surface area contributed by atoms with E-state index in [2.05, 4.69) is 58.2 Å². The third-order valence-corrected chi connectivity index (χ3v) is 4.70. The Kier molecular flexibility index (Phi) is 4.62. The van der Waals surface area contributed by atoms with Gasteiger partial charge in [-0.2, -0.15) is 0 Å². The highest BCUT2D eigenvalue weighted by molar-refractivity contribution is 9.10. The molecule has 1 atom stereocenters. The van der Waals surface area contributed by atoms with Crippen LogP contribution in [0.15, 0.2) is 22.7 Å². The van der Waals surface area contributed by atoms with Gasteiger partial charge in [-0.25, -0.2) is 0 Å². The van der Waals surface area contributed by atoms with Gasteiger partial charge in [-0.1, -0.05) is 15.9 Å². The van der Waals surface area contributed by atoms with Crippen molar-refractivity contribution in [2.24, 2.45) is 0 Å². The van der Waals surface area contributed by atoms with Crippen molar-refractivity contribution in [2.75, 3.05) is 11.9 Å². The summed E-state index contributed by atoms with van der Waals surface area (Å²) >= 11 is 9.02. The summed E-state index contributed by atoms with van der Waals surface area (Å²) in [6.07, 6.45) is 3.80. The molecule has 2 nitrogen and oxygen atoms in total. The molecule has 0 amide bonds. The van der Waals surface area contributed by atoms with Gasteiger partial charge >= 0.3 is 0 Å². The van der Waals surface area contributed by atoms with Crippen LogP contribution in [0.5, 0.6) is 0 Å². The van der Waals surface area contributed by atoms with Crippen LogP contribution in [0.1, 0.15) is 31.7 Å². The molecule has 1 N–H and O–H groups in total. The number of anilines is 1. The highest BCUT2D eigenvalue weighted by Gasteiger charge is 2.20. The van der Waals surface area contributed by atoms with Crippen LogP contribution >= 0.6 is 28.1 Å². The van der Waals surface area contributed by atoms with Gasteiger partial charge in [-0.15, -0.1) is 0 Å². The van der Waals surface area contributed by atoms with Gasteiger partial charge in [-0.3, -0.25) is 0 Å². The fraction of sp³-hybridized carbons (Fsp3) is 0.500. The smallest absolute Gasteiger partial charge is 0.173 e. The number of benzene rings is 1. The minimum Gasteiger partial charge on any atom is -0.346 e. The lowest BCUT2D eigenvalue weighted by Crippen LogP contribution is -2.44. The van der Waals surface area contributed by atoms with Gasteiger partial charge in [0.25, 0.3) is 0 Å². The zero-order valence-electron chi connectivity index (χ0n) is 10.9. The lowest BCUT2D eigenvalue weighted by molar-refractivity contribution is 0.262. The first kappa shape index (κ1) is 13.8. The van der Waals surface area contributed by atoms with Gasteiger partial charge in [0.1, 0.15) is 0 Å². The van der Waals surface area contributed by atoms with Crippen molar-refractivity contribution >= 4 is 38.9 Å². The molecule has 18 heavy (non-hydrogen) atoms. The number of halogens is 1. The quantitative estimate of drug-likeness (QED) is 0.773. The second-order valence-corrected chi connectivity index (χ2v) is 6.17. The Labute approximate surface area is 123 Å². The molecule has 0 aromatic heterocycles. The highest BCUT2D eigenvalue weighted by atomic mass is 79.9. The predicted octanol–water partition coefficient (Wildman–Crippen LogP) is 4.33. The number of nitrogens with one attached hydrogen (secondary N) is 1. The minimum atomic E-state index is 0.551. The number of thiocarbonyl (C=S) groups is 1. The topological polar surface area (TPSA) is 15.3 Å². The number of hydrogen-bond donors (Lipinski definition) is 1. The van der Waals surface area contributed by atoms with Gasteiger partial charge in [0.15, 0.2) is 5.11 Å². The fourth-order valence-corrected chi connectivity index (χ4v) is 2.95. The van der Waals surface area contributed by atoms with Crippen molar-refractivity contribution in [2.45, 2.75) is 39.2 Å². The van der Waals surface area contributed by atoms with E-state index in [0.717, 1.165) is 21.8 Å². The van der Waals surface area contributed by atoms with Crippen LogP contribution < -0.4 is 5.32 Å². The molecule has 1 fully saturated rings. The Hall–Kier alpha value is -0.610. The van der Waals surface area contributed by atoms with E-state index in [0.29, 0.717) is 6.04 Å². The number of aryl methyl sites for hydroxylation is 1. The summed E-state index contributed by atoms with van der Waals surface area (Å²) in [7, 11) is 0. The molecule has 2 rings (SSSR count). The van der Waals surface area contributed by atoms with E-state index in [1.807, 2.05) is 0 Å². The Morgan fingerprint density at radius 3 is 2.89 bits per heavy atom. The van der Waals surface area contributed by atoms with Crippen LogP contribution in [0.3, 0.4) is 0 Å². The van der Waals surface area contributed by atoms with Crippen LogP contribution in [-0.2, 0) is 0 Å². The summed E-state index contributed by atoms with van der Waals surface area (Å²) in [4.78, 5) is 2.30. The van der Waals surface area contributed by atoms with E-state index in [9.17, 15) is 0 Å². The lowest BCUT2D eigenvalue weighted by atomic mass is 10.0. The molecule has 98 valence electrons. The van der Waals surface area contributed by atoms with Gasteiger partial charge < -0.3 is 10.2 Å². The Bertz CT molecular complexity index is 447. The van der Waals surface area contributed by atoms with E-state index in [1.54, 1.807) is 0 Å². The van der Waals surface area contributed by atoms with Crippen molar-refractivity contribution in [1.29, 1.82) is 0 Å². The largest absolute Gasteiger partial charge is 0.346 e. The molecule has 1 aliphatic rings. The third-order valence-electron chi connectivity index (χ3n) is 3.47. The summed E-state index contributed by atoms with van der Waals surface area (Å²) in [5, 5.41) is 4.20. The molecule has 1 aliphatic heterocycles. The Morgan fingerprint density at radius 1 is 1.44 bits per heavy atom. The second kappa shape index (κ2) is 6.02. The molecule has 0 radical (unpaired) electrons. The maximum Gasteiger partial charge on any atom is 0.173 e. The minimum absolute atomic E-state index is 0.551. The van der Waals surface area contributed by atoms with E-state index in [-0.39, 0.29) is 0 Å². The van der Waals surface area contributed by atoms with Crippen molar-refractivity contribution in [3.8, 4) is 0 Å². The molecule has 0 aliphatic carbocycles. The van der Waals surface area contributed by atoms with Crippen molar-refractivity contribution in [3.05, 3.63) is 28.2 Å². The lowest BCUT2D eigenvalue weighted by Gasteiger charge is -2.35. The highest BCUT2D eigenvalue weighted by Crippen LogP contribution is 2.22. The maximum absolute atomic E-state index is 5.51. The average molecular weight is 327 g/mol. The van der Waals surface area contributed by atoms with Gasteiger partial charge in [0.05, 0.1) is 0 Å². The average Bonchev–Trinajstić information content (AvgIpc) is 2.34. The normalized spacial score (nSPS) is 19.7. The molecule has 0 spiro atoms. The van der Waals surface area contributed by atoms with Crippen LogP contribution in [-0.4, -0.2) is 22.6 Å². The van der Waals surface area contributed by atoms with E-state index in [4.69, 9.17) is 12.2 Å². The van der Waals surface area contributed by atoms with Gasteiger partial charge in [0.2, 0.25) is 0 Å². The van der Waals surface area contributed by atoms with Gasteiger partial charge in [0, 0.05) is 22.7 Å². The SMILES string of the molecule is Cc1cc(NC(=S)N2CCCCC2C)ccc1Br. The van der Waals surface area contributed by atoms with Crippen molar-refractivity contribution in [1.82, 2.24) is 4.90 Å². The van der Waals surface area contributed by atoms with Crippen LogP contribution in [0, 0.1) is 6.92 Å². The first-order chi connectivity index (χ1) is 8.58. The number of likely N-dealkylation sites (tertiary alicyclic amines) is 1. The van der Waals surface area contributed by atoms with Crippen LogP contribution in [0.2, 0.25) is 0 Å². The zero-order chi connectivity index (χ0) is 13.1. The second-order valence-electron chi connectivity index (χ2n) is 4.93. The fourth-order valence-electron chi connectivity index (χ4n) is 2.32. The number of hydrogen-bond acceptors (Lipinski definition) is 1. The molecule has 1 heterocycles. The molecule has 4 heteroatoms. The van der Waals surface area contributed by atoms with E-state index < -0.39 is 0 Å². The van der Waals surface area contributed by atoms with E-state index >= 15 is 0 Å². The summed E-state index contributed by atoms with van der Waals surface area (Å²) in [5.41, 5.74) is 2.29. The van der Waals surface area contributed by atoms with Crippen molar-refractivity contribution < 1.29 is 0 Å². The molecule has 0 bridgehead atoms. The monoisotopic (exact) mass is 326 g/mol. The maximum atomic E-state index is 5.51. The molecule has 1 saturated heterocycles. The number of nitrogens with zero attached hydrogens (tertiary/aromatic N) is 1. The predicted molar refractivity (Wildman–Crippen MR) is 85.1 cm³/mol. The van der Waals surface area contributed by atoms with E-state index in [1.165, 1.54) is 24.8 Å². The van der Waals surface area contributed by atoms with Gasteiger partial charge in [-0.05, 0) is 69.1 Å². The number of rotatable bonds is 1. The first-order valence-corrected chi connectivity index (χ1v) is 7.62. The van der Waals surface area contributed by atoms with Crippen molar-refractivity contribution in [3.63, 3.8) is 0 Å². The third kappa shape index (κ3) is 3.23. The summed E-state index contributed by atoms with van der Waals surface area (Å²) in [6, 6.07) is 6.78. The molecular formula is C14H19BrN2S. The molecule has 1 aromatic rings. The summed E-state index contributed by atoms with van der Waals surface area (Å²) in [6.45, 7) is 5.41. The zero-order valence-corrected chi connectivity index (χ0v) is 13.3. The van der Waals surface area contributed by atoms with Crippen LogP contribution in [0.25, 0.3) is 0 Å². The summed E-state index contributed by atoms with van der Waals surface area (Å²) in [5.74, 6) is 0. The molecule has 0 saturated carbocycles. The molecular weight excluding hydrogens is 308 g/mol. The Balaban J connectivity index is 2.04. The Morgan fingerprint density at radius 2 is 2.22 bits per heavy atom. The summed E-state index contributed by atoms with van der Waals surface area (Å²) < 4.78 is 1.13. The standard InChI is InChI=1S/C14H19BrN2S/c1-10-9-12(6-7-13(10)15)16-14(18)17-8-4-3-5-11(17)2/h6-7,9,11H,3-5,8H2,1-2H3,(H,16,18). The molecule has 1 aromatic carbocycles. The molecule has 1 unspecified atom stereocenters.